The molecule has 4 aromatic rings. The van der Waals surface area contributed by atoms with E-state index < -0.39 is 27.5 Å². The predicted molar refractivity (Wildman–Crippen MR) is 166 cm³/mol. The summed E-state index contributed by atoms with van der Waals surface area (Å²) in [7, 11) is -4.15. The van der Waals surface area contributed by atoms with Crippen LogP contribution in [0.2, 0.25) is 10.0 Å². The van der Waals surface area contributed by atoms with Crippen molar-refractivity contribution in [2.75, 3.05) is 5.32 Å². The highest BCUT2D eigenvalue weighted by Crippen LogP contribution is 2.35. The molecule has 42 heavy (non-hydrogen) atoms. The van der Waals surface area contributed by atoms with Crippen LogP contribution in [0, 0.1) is 5.92 Å². The van der Waals surface area contributed by atoms with E-state index in [0.29, 0.717) is 5.92 Å². The van der Waals surface area contributed by atoms with Gasteiger partial charge in [0.15, 0.2) is 5.78 Å². The fourth-order valence-corrected chi connectivity index (χ4v) is 6.48. The quantitative estimate of drug-likeness (QED) is 0.155. The van der Waals surface area contributed by atoms with E-state index in [0.717, 1.165) is 16.7 Å². The summed E-state index contributed by atoms with van der Waals surface area (Å²) >= 11 is 12.2. The minimum absolute atomic E-state index is 0.0786. The van der Waals surface area contributed by atoms with E-state index in [1.807, 2.05) is 54.6 Å². The second-order valence-electron chi connectivity index (χ2n) is 10.4. The van der Waals surface area contributed by atoms with Crippen LogP contribution in [0.15, 0.2) is 101 Å². The van der Waals surface area contributed by atoms with Crippen LogP contribution in [0.1, 0.15) is 53.2 Å². The number of Topliss-reactive ketones (excluding diaryl/α,β-unsaturated/α-hetero) is 1. The molecule has 0 heterocycles. The third-order valence-corrected chi connectivity index (χ3v) is 9.57. The van der Waals surface area contributed by atoms with Gasteiger partial charge in [-0.2, -0.15) is 0 Å². The number of aliphatic carboxylic acids is 1. The lowest BCUT2D eigenvalue weighted by molar-refractivity contribution is -0.141. The summed E-state index contributed by atoms with van der Waals surface area (Å²) in [6.07, 6.45) is -0.146. The average Bonchev–Trinajstić information content (AvgIpc) is 2.97. The number of anilines is 1. The molecule has 0 bridgehead atoms. The van der Waals surface area contributed by atoms with Gasteiger partial charge in [0.05, 0.1) is 31.4 Å². The Morgan fingerprint density at radius 2 is 1.52 bits per heavy atom. The summed E-state index contributed by atoms with van der Waals surface area (Å²) in [5.41, 5.74) is 3.03. The number of benzene rings is 4. The van der Waals surface area contributed by atoms with Crippen LogP contribution in [0.25, 0.3) is 0 Å². The lowest BCUT2D eigenvalue weighted by Gasteiger charge is -2.18. The molecule has 2 N–H and O–H groups in total. The Morgan fingerprint density at radius 1 is 0.833 bits per heavy atom. The molecule has 6 nitrogen and oxygen atoms in total. The minimum atomic E-state index is -4.15. The van der Waals surface area contributed by atoms with Gasteiger partial charge in [-0.15, -0.1) is 0 Å². The predicted octanol–water partition coefficient (Wildman–Crippen LogP) is 8.08. The molecule has 0 saturated heterocycles. The van der Waals surface area contributed by atoms with Crippen LogP contribution in [-0.2, 0) is 27.6 Å². The summed E-state index contributed by atoms with van der Waals surface area (Å²) in [4.78, 5) is 25.6. The highest BCUT2D eigenvalue weighted by atomic mass is 35.5. The van der Waals surface area contributed by atoms with E-state index in [1.54, 1.807) is 0 Å². The van der Waals surface area contributed by atoms with E-state index in [4.69, 9.17) is 23.2 Å². The Bertz CT molecular complexity index is 1690. The fraction of sp³-hybridized carbons (Fsp3) is 0.212. The highest BCUT2D eigenvalue weighted by molar-refractivity contribution is 7.91. The number of carboxylic acids is 1. The Balaban J connectivity index is 1.74. The molecule has 1 unspecified atom stereocenters. The number of carbonyl (C=O) groups excluding carboxylic acids is 1. The molecule has 9 heteroatoms. The number of halogens is 2. The first-order chi connectivity index (χ1) is 20.0. The van der Waals surface area contributed by atoms with Crippen molar-refractivity contribution >= 4 is 50.5 Å². The van der Waals surface area contributed by atoms with Crippen molar-refractivity contribution < 1.29 is 23.1 Å². The van der Waals surface area contributed by atoms with Gasteiger partial charge >= 0.3 is 5.97 Å². The van der Waals surface area contributed by atoms with Gasteiger partial charge in [0.25, 0.3) is 0 Å². The molecular formula is C33H31Cl2NO5S. The van der Waals surface area contributed by atoms with Gasteiger partial charge in [-0.3, -0.25) is 9.59 Å². The van der Waals surface area contributed by atoms with Crippen LogP contribution in [0.4, 0.5) is 5.69 Å². The topological polar surface area (TPSA) is 101 Å². The summed E-state index contributed by atoms with van der Waals surface area (Å²) in [6.45, 7) is 4.42. The summed E-state index contributed by atoms with van der Waals surface area (Å²) in [5.74, 6) is -2.23. The molecule has 0 aromatic heterocycles. The van der Waals surface area contributed by atoms with Crippen molar-refractivity contribution in [2.24, 2.45) is 5.92 Å². The number of ketones is 1. The molecule has 4 aromatic carbocycles. The van der Waals surface area contributed by atoms with Crippen molar-refractivity contribution in [2.45, 2.75) is 48.9 Å². The monoisotopic (exact) mass is 623 g/mol. The van der Waals surface area contributed by atoms with Gasteiger partial charge in [0.1, 0.15) is 0 Å². The second-order valence-corrected chi connectivity index (χ2v) is 13.1. The van der Waals surface area contributed by atoms with E-state index in [2.05, 4.69) is 19.2 Å². The second kappa shape index (κ2) is 13.6. The zero-order chi connectivity index (χ0) is 30.4. The van der Waals surface area contributed by atoms with Crippen LogP contribution in [-0.4, -0.2) is 25.3 Å². The fourth-order valence-electron chi connectivity index (χ4n) is 4.63. The normalized spacial score (nSPS) is 12.2. The first kappa shape index (κ1) is 31.3. The first-order valence-corrected chi connectivity index (χ1v) is 15.7. The molecule has 0 aliphatic rings. The van der Waals surface area contributed by atoms with Crippen molar-refractivity contribution in [3.8, 4) is 0 Å². The zero-order valence-corrected chi connectivity index (χ0v) is 25.5. The zero-order valence-electron chi connectivity index (χ0n) is 23.2. The third kappa shape index (κ3) is 7.40. The van der Waals surface area contributed by atoms with Gasteiger partial charge < -0.3 is 10.4 Å². The molecule has 0 amide bonds. The summed E-state index contributed by atoms with van der Waals surface area (Å²) < 4.78 is 27.7. The summed E-state index contributed by atoms with van der Waals surface area (Å²) in [5, 5.41) is 13.4. The lowest BCUT2D eigenvalue weighted by Crippen LogP contribution is -2.21. The molecular weight excluding hydrogens is 593 g/mol. The standard InChI is InChI=1S/C33H31Cl2NO5S/c1-21(2)24-13-11-23(12-14-24)20-36-32-27(30(37)18-25(33(38)39)17-22-7-4-3-5-8-22)9-6-10-31(32)42(40,41)26-15-16-28(34)29(35)19-26/h3-16,19,21,25,36H,17-18,20H2,1-2H3,(H,38,39). The van der Waals surface area contributed by atoms with Crippen LogP contribution in [0.3, 0.4) is 0 Å². The number of para-hydroxylation sites is 1. The highest BCUT2D eigenvalue weighted by Gasteiger charge is 2.28. The van der Waals surface area contributed by atoms with Crippen molar-refractivity contribution in [1.29, 1.82) is 0 Å². The third-order valence-electron chi connectivity index (χ3n) is 7.04. The average molecular weight is 625 g/mol. The van der Waals surface area contributed by atoms with Crippen molar-refractivity contribution in [3.63, 3.8) is 0 Å². The molecule has 4 rings (SSSR count). The Hall–Kier alpha value is -3.65. The maximum atomic E-state index is 13.8. The number of hydrogen-bond acceptors (Lipinski definition) is 5. The SMILES string of the molecule is CC(C)c1ccc(CNc2c(C(=O)CC(Cc3ccccc3)C(=O)O)cccc2S(=O)(=O)c2ccc(Cl)c(Cl)c2)cc1. The Morgan fingerprint density at radius 3 is 2.14 bits per heavy atom. The van der Waals surface area contributed by atoms with Crippen LogP contribution < -0.4 is 5.32 Å². The first-order valence-electron chi connectivity index (χ1n) is 13.4. The van der Waals surface area contributed by atoms with E-state index >= 15 is 0 Å². The Labute approximate surface area is 256 Å². The van der Waals surface area contributed by atoms with Crippen molar-refractivity contribution in [1.82, 2.24) is 0 Å². The molecule has 0 spiro atoms. The largest absolute Gasteiger partial charge is 0.481 e. The number of carbonyl (C=O) groups is 2. The van der Waals surface area contributed by atoms with Crippen molar-refractivity contribution in [3.05, 3.63) is 123 Å². The molecule has 1 atom stereocenters. The van der Waals surface area contributed by atoms with Crippen LogP contribution >= 0.6 is 23.2 Å². The van der Waals surface area contributed by atoms with Crippen LogP contribution in [0.5, 0.6) is 0 Å². The van der Waals surface area contributed by atoms with E-state index in [1.165, 1.54) is 36.4 Å². The molecule has 218 valence electrons. The van der Waals surface area contributed by atoms with E-state index in [-0.39, 0.29) is 50.5 Å². The number of rotatable bonds is 12. The van der Waals surface area contributed by atoms with Gasteiger partial charge in [0.2, 0.25) is 9.84 Å². The molecule has 0 aliphatic carbocycles. The molecule has 0 aliphatic heterocycles. The van der Waals surface area contributed by atoms with Gasteiger partial charge in [-0.25, -0.2) is 8.42 Å². The number of sulfone groups is 1. The number of hydrogen-bond donors (Lipinski definition) is 2. The Kier molecular flexibility index (Phi) is 10.1. The molecule has 0 saturated carbocycles. The number of carboxylic acid groups (broad SMARTS) is 1. The lowest BCUT2D eigenvalue weighted by atomic mass is 9.91. The van der Waals surface area contributed by atoms with Gasteiger partial charge in [-0.1, -0.05) is 97.7 Å². The summed E-state index contributed by atoms with van der Waals surface area (Å²) in [6, 6.07) is 25.4. The van der Waals surface area contributed by atoms with Gasteiger partial charge in [-0.05, 0) is 59.4 Å². The maximum Gasteiger partial charge on any atom is 0.307 e. The van der Waals surface area contributed by atoms with E-state index in [9.17, 15) is 23.1 Å². The smallest absolute Gasteiger partial charge is 0.307 e. The minimum Gasteiger partial charge on any atom is -0.481 e. The molecule has 0 fully saturated rings. The number of nitrogens with one attached hydrogen (secondary N) is 1. The molecule has 0 radical (unpaired) electrons. The van der Waals surface area contributed by atoms with Gasteiger partial charge in [0, 0.05) is 18.5 Å². The maximum absolute atomic E-state index is 13.8.